The second kappa shape index (κ2) is 2.05. The van der Waals surface area contributed by atoms with Gasteiger partial charge in [-0.3, -0.25) is 0 Å². The summed E-state index contributed by atoms with van der Waals surface area (Å²) >= 11 is 0. The molecule has 1 saturated heterocycles. The number of hydrogen-bond acceptors (Lipinski definition) is 2. The van der Waals surface area contributed by atoms with Crippen molar-refractivity contribution in [2.45, 2.75) is 18.4 Å². The number of nitrogens with zero attached hydrogens (tertiary/aromatic N) is 1. The molecule has 1 aliphatic rings. The molecule has 0 aromatic carbocycles. The van der Waals surface area contributed by atoms with Gasteiger partial charge in [-0.2, -0.15) is 31.2 Å². The molecular formula is C4H3F6NO. The molecule has 1 aliphatic heterocycles. The van der Waals surface area contributed by atoms with E-state index < -0.39 is 23.3 Å². The Kier molecular flexibility index (Phi) is 1.64. The highest BCUT2D eigenvalue weighted by Gasteiger charge is 2.76. The van der Waals surface area contributed by atoms with Gasteiger partial charge >= 0.3 is 18.4 Å². The molecule has 1 fully saturated rings. The Bertz CT molecular complexity index is 204. The fraction of sp³-hybridized carbons (Fsp3) is 1.00. The van der Waals surface area contributed by atoms with Crippen molar-refractivity contribution < 1.29 is 31.1 Å². The molecule has 0 aliphatic carbocycles. The zero-order valence-corrected chi connectivity index (χ0v) is 5.62. The summed E-state index contributed by atoms with van der Waals surface area (Å²) in [4.78, 5) is -1.12. The van der Waals surface area contributed by atoms with Crippen molar-refractivity contribution in [1.82, 2.24) is 4.90 Å². The molecule has 0 aromatic rings. The van der Waals surface area contributed by atoms with Crippen LogP contribution in [-0.4, -0.2) is 30.3 Å². The van der Waals surface area contributed by atoms with Crippen LogP contribution in [0.1, 0.15) is 0 Å². The van der Waals surface area contributed by atoms with Crippen molar-refractivity contribution in [3.05, 3.63) is 0 Å². The Balaban J connectivity index is 3.05. The van der Waals surface area contributed by atoms with Crippen LogP contribution >= 0.6 is 0 Å². The van der Waals surface area contributed by atoms with Crippen LogP contribution < -0.4 is 0 Å². The predicted octanol–water partition coefficient (Wildman–Crippen LogP) is 1.68. The minimum absolute atomic E-state index is 0.140. The van der Waals surface area contributed by atoms with Gasteiger partial charge in [0, 0.05) is 7.05 Å². The highest BCUT2D eigenvalue weighted by atomic mass is 19.3. The number of rotatable bonds is 0. The van der Waals surface area contributed by atoms with E-state index in [1.807, 2.05) is 0 Å². The van der Waals surface area contributed by atoms with Gasteiger partial charge in [-0.1, -0.05) is 0 Å². The van der Waals surface area contributed by atoms with Crippen LogP contribution in [0.4, 0.5) is 26.3 Å². The van der Waals surface area contributed by atoms with Crippen molar-refractivity contribution >= 4 is 0 Å². The van der Waals surface area contributed by atoms with Crippen LogP contribution in [0.3, 0.4) is 0 Å². The minimum atomic E-state index is -5.16. The van der Waals surface area contributed by atoms with E-state index in [9.17, 15) is 26.3 Å². The van der Waals surface area contributed by atoms with Gasteiger partial charge in [-0.05, 0) is 0 Å². The van der Waals surface area contributed by atoms with Gasteiger partial charge in [-0.25, -0.2) is 4.74 Å². The lowest BCUT2D eigenvalue weighted by Gasteiger charge is -2.20. The van der Waals surface area contributed by atoms with E-state index >= 15 is 0 Å². The molecule has 0 bridgehead atoms. The number of likely N-dealkylation sites (N-methyl/N-ethyl adjacent to an activating group) is 1. The van der Waals surface area contributed by atoms with Crippen molar-refractivity contribution in [2.24, 2.45) is 0 Å². The topological polar surface area (TPSA) is 12.5 Å². The Morgan fingerprint density at radius 3 is 1.50 bits per heavy atom. The molecule has 0 atom stereocenters. The van der Waals surface area contributed by atoms with Crippen molar-refractivity contribution in [3.8, 4) is 0 Å². The van der Waals surface area contributed by atoms with Crippen LogP contribution in [0.2, 0.25) is 0 Å². The van der Waals surface area contributed by atoms with E-state index in [-0.39, 0.29) is 7.05 Å². The molecule has 12 heavy (non-hydrogen) atoms. The predicted molar refractivity (Wildman–Crippen MR) is 23.7 cm³/mol. The van der Waals surface area contributed by atoms with Crippen LogP contribution in [-0.2, 0) is 4.74 Å². The summed E-state index contributed by atoms with van der Waals surface area (Å²) in [7, 11) is 0.140. The molecule has 2 nitrogen and oxygen atoms in total. The third-order valence-corrected chi connectivity index (χ3v) is 1.41. The normalized spacial score (nSPS) is 32.2. The van der Waals surface area contributed by atoms with E-state index in [0.717, 1.165) is 0 Å². The molecule has 72 valence electrons. The van der Waals surface area contributed by atoms with Gasteiger partial charge in [0.15, 0.2) is 0 Å². The SMILES string of the molecule is CN1C(F)(F)OC(F)(F)C1(F)F. The highest BCUT2D eigenvalue weighted by Crippen LogP contribution is 2.50. The summed E-state index contributed by atoms with van der Waals surface area (Å²) in [6.07, 6.45) is -9.81. The fourth-order valence-electron chi connectivity index (χ4n) is 0.643. The van der Waals surface area contributed by atoms with Gasteiger partial charge in [-0.15, -0.1) is 0 Å². The first-order valence-electron chi connectivity index (χ1n) is 2.69. The molecule has 1 rings (SSSR count). The molecule has 0 aromatic heterocycles. The number of halogens is 6. The molecule has 0 radical (unpaired) electrons. The maximum Gasteiger partial charge on any atom is 0.440 e. The largest absolute Gasteiger partial charge is 0.440 e. The first-order valence-corrected chi connectivity index (χ1v) is 2.69. The molecule has 0 N–H and O–H groups in total. The third-order valence-electron chi connectivity index (χ3n) is 1.41. The number of hydrogen-bond donors (Lipinski definition) is 0. The Hall–Kier alpha value is -0.500. The van der Waals surface area contributed by atoms with Crippen LogP contribution in [0.15, 0.2) is 0 Å². The minimum Gasteiger partial charge on any atom is -0.235 e. The van der Waals surface area contributed by atoms with E-state index in [4.69, 9.17) is 0 Å². The Labute approximate surface area is 62.7 Å². The Morgan fingerprint density at radius 1 is 1.00 bits per heavy atom. The van der Waals surface area contributed by atoms with E-state index in [1.165, 1.54) is 0 Å². The summed E-state index contributed by atoms with van der Waals surface area (Å²) in [6, 6.07) is -4.99. The van der Waals surface area contributed by atoms with Crippen molar-refractivity contribution in [1.29, 1.82) is 0 Å². The average molecular weight is 195 g/mol. The standard InChI is InChI=1S/C4H3F6NO/c1-11-2(5,6)3(7,8)12-4(11,9)10/h1H3. The van der Waals surface area contributed by atoms with Crippen LogP contribution in [0, 0.1) is 0 Å². The molecule has 0 saturated carbocycles. The van der Waals surface area contributed by atoms with Crippen molar-refractivity contribution in [2.75, 3.05) is 7.05 Å². The lowest BCUT2D eigenvalue weighted by atomic mass is 10.5. The second-order valence-electron chi connectivity index (χ2n) is 2.21. The summed E-state index contributed by atoms with van der Waals surface area (Å²) in [5.74, 6) is 0. The van der Waals surface area contributed by atoms with Gasteiger partial charge in [0.2, 0.25) is 0 Å². The average Bonchev–Trinajstić information content (AvgIpc) is 1.90. The van der Waals surface area contributed by atoms with Gasteiger partial charge in [0.1, 0.15) is 0 Å². The molecule has 1 heterocycles. The summed E-state index contributed by atoms with van der Waals surface area (Å²) in [5, 5.41) is 0. The lowest BCUT2D eigenvalue weighted by Crippen LogP contribution is -2.47. The molecule has 8 heteroatoms. The maximum atomic E-state index is 12.2. The zero-order valence-electron chi connectivity index (χ0n) is 5.62. The second-order valence-corrected chi connectivity index (χ2v) is 2.21. The van der Waals surface area contributed by atoms with Crippen molar-refractivity contribution in [3.63, 3.8) is 0 Å². The smallest absolute Gasteiger partial charge is 0.235 e. The van der Waals surface area contributed by atoms with Gasteiger partial charge in [0.25, 0.3) is 0 Å². The molecule has 0 amide bonds. The fourth-order valence-corrected chi connectivity index (χ4v) is 0.643. The summed E-state index contributed by atoms with van der Waals surface area (Å²) in [6.45, 7) is 0. The number of alkyl halides is 6. The molecular weight excluding hydrogens is 192 g/mol. The van der Waals surface area contributed by atoms with Crippen LogP contribution in [0.5, 0.6) is 0 Å². The van der Waals surface area contributed by atoms with E-state index in [0.29, 0.717) is 0 Å². The first-order chi connectivity index (χ1) is 5.11. The van der Waals surface area contributed by atoms with Gasteiger partial charge in [0.05, 0.1) is 0 Å². The van der Waals surface area contributed by atoms with E-state index in [2.05, 4.69) is 4.74 Å². The zero-order chi connectivity index (χ0) is 9.78. The third kappa shape index (κ3) is 0.977. The highest BCUT2D eigenvalue weighted by molar-refractivity contribution is 4.85. The summed E-state index contributed by atoms with van der Waals surface area (Å²) in [5.41, 5.74) is 0. The molecule has 0 unspecified atom stereocenters. The number of ether oxygens (including phenoxy) is 1. The summed E-state index contributed by atoms with van der Waals surface area (Å²) < 4.78 is 75.0. The van der Waals surface area contributed by atoms with Gasteiger partial charge < -0.3 is 0 Å². The quantitative estimate of drug-likeness (QED) is 0.430. The maximum absolute atomic E-state index is 12.2. The monoisotopic (exact) mass is 195 g/mol. The van der Waals surface area contributed by atoms with E-state index in [1.54, 1.807) is 0 Å². The molecule has 0 spiro atoms. The Morgan fingerprint density at radius 2 is 1.42 bits per heavy atom. The lowest BCUT2D eigenvalue weighted by molar-refractivity contribution is -0.363. The first kappa shape index (κ1) is 9.59. The van der Waals surface area contributed by atoms with Crippen LogP contribution in [0.25, 0.3) is 0 Å².